The summed E-state index contributed by atoms with van der Waals surface area (Å²) in [6.07, 6.45) is -0.454. The van der Waals surface area contributed by atoms with Crippen LogP contribution in [-0.2, 0) is 11.3 Å². The van der Waals surface area contributed by atoms with Gasteiger partial charge in [0.15, 0.2) is 0 Å². The van der Waals surface area contributed by atoms with Gasteiger partial charge in [0, 0.05) is 18.5 Å². The fourth-order valence-corrected chi connectivity index (χ4v) is 2.25. The molecule has 0 radical (unpaired) electrons. The number of rotatable bonds is 6. The fraction of sp³-hybridized carbons (Fsp3) is 0.562. The molecule has 122 valence electrons. The van der Waals surface area contributed by atoms with Crippen molar-refractivity contribution >= 4 is 5.91 Å². The highest BCUT2D eigenvalue weighted by molar-refractivity contribution is 5.82. The highest BCUT2D eigenvalue weighted by Crippen LogP contribution is 2.25. The molecule has 22 heavy (non-hydrogen) atoms. The molecule has 1 aromatic rings. The van der Waals surface area contributed by atoms with Gasteiger partial charge in [0.2, 0.25) is 5.91 Å². The Morgan fingerprint density at radius 1 is 1.45 bits per heavy atom. The monoisotopic (exact) mass is 312 g/mol. The summed E-state index contributed by atoms with van der Waals surface area (Å²) in [5.41, 5.74) is 0.834. The molecule has 0 aromatic heterocycles. The Morgan fingerprint density at radius 3 is 2.82 bits per heavy atom. The van der Waals surface area contributed by atoms with E-state index in [1.807, 2.05) is 24.3 Å². The first kappa shape index (κ1) is 16.7. The van der Waals surface area contributed by atoms with Gasteiger partial charge < -0.3 is 10.1 Å². The van der Waals surface area contributed by atoms with Crippen molar-refractivity contribution in [3.63, 3.8) is 0 Å². The number of benzene rings is 1. The van der Waals surface area contributed by atoms with Crippen molar-refractivity contribution in [2.75, 3.05) is 13.2 Å². The molecule has 1 unspecified atom stereocenters. The number of alkyl halides is 2. The van der Waals surface area contributed by atoms with Crippen molar-refractivity contribution < 1.29 is 18.3 Å². The third-order valence-electron chi connectivity index (χ3n) is 3.42. The number of para-hydroxylation sites is 1. The molecule has 0 aliphatic carbocycles. The van der Waals surface area contributed by atoms with E-state index < -0.39 is 30.8 Å². The largest absolute Gasteiger partial charge is 0.493 e. The molecule has 1 amide bonds. The first-order chi connectivity index (χ1) is 10.4. The summed E-state index contributed by atoms with van der Waals surface area (Å²) in [5.74, 6) is -2.11. The van der Waals surface area contributed by atoms with E-state index in [1.165, 1.54) is 0 Å². The molecular formula is C16H22F2N2O2. The second kappa shape index (κ2) is 7.05. The van der Waals surface area contributed by atoms with Gasteiger partial charge in [-0.1, -0.05) is 32.0 Å². The number of amides is 1. The second-order valence-corrected chi connectivity index (χ2v) is 6.02. The smallest absolute Gasteiger partial charge is 0.262 e. The molecule has 2 rings (SSSR count). The SMILES string of the molecule is CC(C)COc1ccccc1CNC(=O)C1CC(F)(F)CN1. The van der Waals surface area contributed by atoms with Crippen LogP contribution in [-0.4, -0.2) is 31.0 Å². The molecule has 1 aliphatic rings. The topological polar surface area (TPSA) is 50.4 Å². The van der Waals surface area contributed by atoms with Crippen molar-refractivity contribution in [1.82, 2.24) is 10.6 Å². The predicted octanol–water partition coefficient (Wildman–Crippen LogP) is 2.33. The van der Waals surface area contributed by atoms with Crippen LogP contribution in [0.2, 0.25) is 0 Å². The maximum absolute atomic E-state index is 13.1. The van der Waals surface area contributed by atoms with Gasteiger partial charge in [0.05, 0.1) is 19.2 Å². The Morgan fingerprint density at radius 2 is 2.18 bits per heavy atom. The van der Waals surface area contributed by atoms with Crippen LogP contribution in [0.4, 0.5) is 8.78 Å². The minimum Gasteiger partial charge on any atom is -0.493 e. The van der Waals surface area contributed by atoms with Crippen LogP contribution in [0.25, 0.3) is 0 Å². The molecule has 0 bridgehead atoms. The molecule has 1 aromatic carbocycles. The van der Waals surface area contributed by atoms with Gasteiger partial charge in [-0.3, -0.25) is 10.1 Å². The number of hydrogen-bond acceptors (Lipinski definition) is 3. The van der Waals surface area contributed by atoms with Crippen LogP contribution >= 0.6 is 0 Å². The molecule has 6 heteroatoms. The zero-order chi connectivity index (χ0) is 16.2. The van der Waals surface area contributed by atoms with E-state index in [0.717, 1.165) is 5.56 Å². The molecule has 1 saturated heterocycles. The summed E-state index contributed by atoms with van der Waals surface area (Å²) in [7, 11) is 0. The van der Waals surface area contributed by atoms with Gasteiger partial charge in [0.1, 0.15) is 5.75 Å². The lowest BCUT2D eigenvalue weighted by atomic mass is 10.1. The molecule has 1 aliphatic heterocycles. The van der Waals surface area contributed by atoms with E-state index in [2.05, 4.69) is 24.5 Å². The zero-order valence-corrected chi connectivity index (χ0v) is 12.9. The summed E-state index contributed by atoms with van der Waals surface area (Å²) in [4.78, 5) is 11.9. The van der Waals surface area contributed by atoms with Crippen LogP contribution in [0.15, 0.2) is 24.3 Å². The van der Waals surface area contributed by atoms with E-state index in [4.69, 9.17) is 4.74 Å². The van der Waals surface area contributed by atoms with Gasteiger partial charge in [-0.25, -0.2) is 8.78 Å². The lowest BCUT2D eigenvalue weighted by Gasteiger charge is -2.15. The van der Waals surface area contributed by atoms with Crippen LogP contribution in [0.3, 0.4) is 0 Å². The number of carbonyl (C=O) groups excluding carboxylic acids is 1. The van der Waals surface area contributed by atoms with Crippen molar-refractivity contribution in [3.05, 3.63) is 29.8 Å². The van der Waals surface area contributed by atoms with Gasteiger partial charge >= 0.3 is 0 Å². The van der Waals surface area contributed by atoms with Gasteiger partial charge in [-0.05, 0) is 12.0 Å². The number of carbonyl (C=O) groups is 1. The zero-order valence-electron chi connectivity index (χ0n) is 12.9. The van der Waals surface area contributed by atoms with E-state index >= 15 is 0 Å². The Kier molecular flexibility index (Phi) is 5.34. The Bertz CT molecular complexity index is 521. The maximum atomic E-state index is 13.1. The summed E-state index contributed by atoms with van der Waals surface area (Å²) in [5, 5.41) is 5.24. The maximum Gasteiger partial charge on any atom is 0.262 e. The number of hydrogen-bond donors (Lipinski definition) is 2. The standard InChI is InChI=1S/C16H22F2N2O2/c1-11(2)9-22-14-6-4-3-5-12(14)8-19-15(21)13-7-16(17,18)10-20-13/h3-6,11,13,20H,7-10H2,1-2H3,(H,19,21). The van der Waals surface area contributed by atoms with Crippen LogP contribution in [0, 0.1) is 5.92 Å². The van der Waals surface area contributed by atoms with Crippen LogP contribution < -0.4 is 15.4 Å². The quantitative estimate of drug-likeness (QED) is 0.848. The average molecular weight is 312 g/mol. The van der Waals surface area contributed by atoms with E-state index in [-0.39, 0.29) is 6.54 Å². The summed E-state index contributed by atoms with van der Waals surface area (Å²) in [6, 6.07) is 6.57. The second-order valence-electron chi connectivity index (χ2n) is 6.02. The normalized spacial score (nSPS) is 20.1. The van der Waals surface area contributed by atoms with Gasteiger partial charge in [-0.15, -0.1) is 0 Å². The molecule has 1 fully saturated rings. The third kappa shape index (κ3) is 4.66. The molecule has 4 nitrogen and oxygen atoms in total. The fourth-order valence-electron chi connectivity index (χ4n) is 2.25. The Labute approximate surface area is 129 Å². The summed E-state index contributed by atoms with van der Waals surface area (Å²) < 4.78 is 31.9. The Hall–Kier alpha value is -1.69. The van der Waals surface area contributed by atoms with Crippen molar-refractivity contribution in [2.24, 2.45) is 5.92 Å². The first-order valence-corrected chi connectivity index (χ1v) is 7.47. The lowest BCUT2D eigenvalue weighted by molar-refractivity contribution is -0.123. The number of halogens is 2. The highest BCUT2D eigenvalue weighted by Gasteiger charge is 2.42. The lowest BCUT2D eigenvalue weighted by Crippen LogP contribution is -2.40. The molecular weight excluding hydrogens is 290 g/mol. The molecule has 0 saturated carbocycles. The van der Waals surface area contributed by atoms with E-state index in [0.29, 0.717) is 18.3 Å². The Balaban J connectivity index is 1.90. The van der Waals surface area contributed by atoms with Crippen LogP contribution in [0.1, 0.15) is 25.8 Å². The average Bonchev–Trinajstić information content (AvgIpc) is 2.83. The van der Waals surface area contributed by atoms with Crippen molar-refractivity contribution in [2.45, 2.75) is 38.8 Å². The number of nitrogens with one attached hydrogen (secondary N) is 2. The van der Waals surface area contributed by atoms with Crippen molar-refractivity contribution in [3.8, 4) is 5.75 Å². The molecule has 2 N–H and O–H groups in total. The summed E-state index contributed by atoms with van der Waals surface area (Å²) in [6.45, 7) is 4.50. The van der Waals surface area contributed by atoms with E-state index in [9.17, 15) is 13.6 Å². The third-order valence-corrected chi connectivity index (χ3v) is 3.42. The highest BCUT2D eigenvalue weighted by atomic mass is 19.3. The molecule has 1 atom stereocenters. The van der Waals surface area contributed by atoms with Gasteiger partial charge in [0.25, 0.3) is 5.92 Å². The number of ether oxygens (including phenoxy) is 1. The first-order valence-electron chi connectivity index (χ1n) is 7.47. The van der Waals surface area contributed by atoms with Crippen LogP contribution in [0.5, 0.6) is 5.75 Å². The van der Waals surface area contributed by atoms with E-state index in [1.54, 1.807) is 0 Å². The van der Waals surface area contributed by atoms with Crippen molar-refractivity contribution in [1.29, 1.82) is 0 Å². The molecule has 0 spiro atoms. The predicted molar refractivity (Wildman–Crippen MR) is 80.0 cm³/mol. The minimum atomic E-state index is -2.81. The molecule has 1 heterocycles. The minimum absolute atomic E-state index is 0.261. The van der Waals surface area contributed by atoms with Gasteiger partial charge in [-0.2, -0.15) is 0 Å². The summed E-state index contributed by atoms with van der Waals surface area (Å²) >= 11 is 0.